The summed E-state index contributed by atoms with van der Waals surface area (Å²) in [6.07, 6.45) is 6.42. The summed E-state index contributed by atoms with van der Waals surface area (Å²) in [5, 5.41) is 9.88. The number of aromatic nitrogens is 4. The molecule has 0 unspecified atom stereocenters. The summed E-state index contributed by atoms with van der Waals surface area (Å²) in [5.74, 6) is -0.137. The minimum atomic E-state index is -0.137. The summed E-state index contributed by atoms with van der Waals surface area (Å²) in [5.41, 5.74) is 2.96. The molecule has 2 heterocycles. The number of thiazole rings is 1. The standard InChI is InChI=1S/C17H17N5OS/c1-13-21-16(10-24-13)5-6-17(23)19-8-14-3-2-4-15(7-14)9-22-12-18-11-20-22/h2-7,10-12H,8-9H2,1H3,(H,19,23)/b6-5-. The first-order valence-corrected chi connectivity index (χ1v) is 8.35. The average molecular weight is 339 g/mol. The maximum absolute atomic E-state index is 11.9. The van der Waals surface area contributed by atoms with E-state index in [0.717, 1.165) is 21.8 Å². The molecule has 0 aliphatic rings. The second-order valence-electron chi connectivity index (χ2n) is 5.26. The van der Waals surface area contributed by atoms with E-state index in [2.05, 4.69) is 26.4 Å². The number of carbonyl (C=O) groups is 1. The van der Waals surface area contributed by atoms with Crippen LogP contribution in [0.25, 0.3) is 6.08 Å². The third-order valence-corrected chi connectivity index (χ3v) is 4.10. The molecule has 24 heavy (non-hydrogen) atoms. The van der Waals surface area contributed by atoms with Gasteiger partial charge in [-0.3, -0.25) is 4.79 Å². The van der Waals surface area contributed by atoms with Crippen LogP contribution in [-0.2, 0) is 17.9 Å². The summed E-state index contributed by atoms with van der Waals surface area (Å²) in [6.45, 7) is 3.07. The molecule has 0 aliphatic carbocycles. The van der Waals surface area contributed by atoms with Gasteiger partial charge in [0.05, 0.1) is 17.2 Å². The lowest BCUT2D eigenvalue weighted by molar-refractivity contribution is -0.116. The van der Waals surface area contributed by atoms with Gasteiger partial charge in [-0.2, -0.15) is 5.10 Å². The Morgan fingerprint density at radius 1 is 1.38 bits per heavy atom. The number of hydrogen-bond acceptors (Lipinski definition) is 5. The van der Waals surface area contributed by atoms with Crippen LogP contribution in [0, 0.1) is 6.92 Å². The van der Waals surface area contributed by atoms with Crippen LogP contribution < -0.4 is 5.32 Å². The van der Waals surface area contributed by atoms with Gasteiger partial charge < -0.3 is 5.32 Å². The summed E-state index contributed by atoms with van der Waals surface area (Å²) >= 11 is 1.56. The fraction of sp³-hybridized carbons (Fsp3) is 0.176. The molecule has 0 spiro atoms. The Bertz CT molecular complexity index is 838. The van der Waals surface area contributed by atoms with E-state index in [0.29, 0.717) is 13.1 Å². The van der Waals surface area contributed by atoms with Crippen molar-refractivity contribution in [3.8, 4) is 0 Å². The van der Waals surface area contributed by atoms with Crippen molar-refractivity contribution < 1.29 is 4.79 Å². The van der Waals surface area contributed by atoms with Gasteiger partial charge in [-0.05, 0) is 24.1 Å². The first-order chi connectivity index (χ1) is 11.7. The van der Waals surface area contributed by atoms with E-state index in [9.17, 15) is 4.79 Å². The smallest absolute Gasteiger partial charge is 0.244 e. The van der Waals surface area contributed by atoms with E-state index >= 15 is 0 Å². The van der Waals surface area contributed by atoms with Gasteiger partial charge >= 0.3 is 0 Å². The molecule has 1 amide bonds. The first kappa shape index (κ1) is 16.1. The van der Waals surface area contributed by atoms with Crippen molar-refractivity contribution in [2.24, 2.45) is 0 Å². The molecular formula is C17H17N5OS. The summed E-state index contributed by atoms with van der Waals surface area (Å²) in [6, 6.07) is 8.03. The number of amides is 1. The maximum atomic E-state index is 11.9. The van der Waals surface area contributed by atoms with Gasteiger partial charge in [0.25, 0.3) is 0 Å². The number of benzene rings is 1. The van der Waals surface area contributed by atoms with Crippen LogP contribution in [0.1, 0.15) is 21.8 Å². The second kappa shape index (κ2) is 7.65. The molecule has 0 saturated carbocycles. The van der Waals surface area contributed by atoms with Gasteiger partial charge in [0.2, 0.25) is 5.91 Å². The lowest BCUT2D eigenvalue weighted by atomic mass is 10.1. The molecule has 0 saturated heterocycles. The summed E-state index contributed by atoms with van der Waals surface area (Å²) in [7, 11) is 0. The topological polar surface area (TPSA) is 72.7 Å². The zero-order chi connectivity index (χ0) is 16.8. The summed E-state index contributed by atoms with van der Waals surface area (Å²) < 4.78 is 1.76. The fourth-order valence-corrected chi connectivity index (χ4v) is 2.79. The van der Waals surface area contributed by atoms with Crippen molar-refractivity contribution in [2.75, 3.05) is 0 Å². The lowest BCUT2D eigenvalue weighted by Gasteiger charge is -2.06. The van der Waals surface area contributed by atoms with Crippen LogP contribution in [0.2, 0.25) is 0 Å². The maximum Gasteiger partial charge on any atom is 0.244 e. The number of nitrogens with one attached hydrogen (secondary N) is 1. The highest BCUT2D eigenvalue weighted by molar-refractivity contribution is 7.09. The molecule has 0 aliphatic heterocycles. The van der Waals surface area contributed by atoms with Crippen molar-refractivity contribution in [3.05, 3.63) is 70.2 Å². The van der Waals surface area contributed by atoms with E-state index in [1.165, 1.54) is 12.4 Å². The Hall–Kier alpha value is -2.80. The number of rotatable bonds is 6. The Labute approximate surface area is 143 Å². The Kier molecular flexibility index (Phi) is 5.12. The Morgan fingerprint density at radius 3 is 3.00 bits per heavy atom. The number of carbonyl (C=O) groups excluding carboxylic acids is 1. The molecule has 0 atom stereocenters. The normalized spacial score (nSPS) is 11.0. The van der Waals surface area contributed by atoms with Crippen LogP contribution in [0.4, 0.5) is 0 Å². The predicted octanol–water partition coefficient (Wildman–Crippen LogP) is 2.42. The number of nitrogens with zero attached hydrogens (tertiary/aromatic N) is 4. The number of hydrogen-bond donors (Lipinski definition) is 1. The van der Waals surface area contributed by atoms with Crippen LogP contribution in [-0.4, -0.2) is 25.7 Å². The van der Waals surface area contributed by atoms with E-state index in [1.807, 2.05) is 30.5 Å². The van der Waals surface area contributed by atoms with Crippen LogP contribution in [0.3, 0.4) is 0 Å². The van der Waals surface area contributed by atoms with Gasteiger partial charge in [0, 0.05) is 18.0 Å². The minimum Gasteiger partial charge on any atom is -0.348 e. The predicted molar refractivity (Wildman–Crippen MR) is 93.3 cm³/mol. The van der Waals surface area contributed by atoms with E-state index in [4.69, 9.17) is 0 Å². The highest BCUT2D eigenvalue weighted by atomic mass is 32.1. The van der Waals surface area contributed by atoms with Gasteiger partial charge in [0.15, 0.2) is 0 Å². The Balaban J connectivity index is 1.54. The monoisotopic (exact) mass is 339 g/mol. The van der Waals surface area contributed by atoms with Crippen molar-refractivity contribution >= 4 is 23.3 Å². The molecule has 7 heteroatoms. The SMILES string of the molecule is Cc1nc(/C=C\C(=O)NCc2cccc(Cn3cncn3)c2)cs1. The molecule has 1 N–H and O–H groups in total. The van der Waals surface area contributed by atoms with Crippen molar-refractivity contribution in [3.63, 3.8) is 0 Å². The third-order valence-electron chi connectivity index (χ3n) is 3.31. The molecule has 2 aromatic heterocycles. The lowest BCUT2D eigenvalue weighted by Crippen LogP contribution is -2.20. The van der Waals surface area contributed by atoms with Crippen molar-refractivity contribution in [2.45, 2.75) is 20.0 Å². The Morgan fingerprint density at radius 2 is 2.25 bits per heavy atom. The minimum absolute atomic E-state index is 0.137. The first-order valence-electron chi connectivity index (χ1n) is 7.47. The zero-order valence-electron chi connectivity index (χ0n) is 13.2. The van der Waals surface area contributed by atoms with E-state index in [1.54, 1.807) is 28.4 Å². The van der Waals surface area contributed by atoms with Gasteiger partial charge in [0.1, 0.15) is 12.7 Å². The van der Waals surface area contributed by atoms with E-state index in [-0.39, 0.29) is 5.91 Å². The molecular weight excluding hydrogens is 322 g/mol. The van der Waals surface area contributed by atoms with Gasteiger partial charge in [-0.1, -0.05) is 24.3 Å². The van der Waals surface area contributed by atoms with Crippen LogP contribution in [0.5, 0.6) is 0 Å². The highest BCUT2D eigenvalue weighted by Gasteiger charge is 2.01. The highest BCUT2D eigenvalue weighted by Crippen LogP contribution is 2.09. The van der Waals surface area contributed by atoms with Gasteiger partial charge in [-0.15, -0.1) is 11.3 Å². The average Bonchev–Trinajstić information content (AvgIpc) is 3.23. The van der Waals surface area contributed by atoms with Gasteiger partial charge in [-0.25, -0.2) is 14.6 Å². The van der Waals surface area contributed by atoms with Crippen LogP contribution >= 0.6 is 11.3 Å². The second-order valence-corrected chi connectivity index (χ2v) is 6.32. The molecule has 0 bridgehead atoms. The molecule has 3 aromatic rings. The summed E-state index contributed by atoms with van der Waals surface area (Å²) in [4.78, 5) is 20.1. The zero-order valence-corrected chi connectivity index (χ0v) is 14.0. The number of aryl methyl sites for hydroxylation is 1. The van der Waals surface area contributed by atoms with E-state index < -0.39 is 0 Å². The van der Waals surface area contributed by atoms with Crippen molar-refractivity contribution in [1.82, 2.24) is 25.1 Å². The molecule has 122 valence electrons. The van der Waals surface area contributed by atoms with Crippen molar-refractivity contribution in [1.29, 1.82) is 0 Å². The fourth-order valence-electron chi connectivity index (χ4n) is 2.21. The molecule has 0 radical (unpaired) electrons. The largest absolute Gasteiger partial charge is 0.348 e. The molecule has 3 rings (SSSR count). The molecule has 1 aromatic carbocycles. The molecule has 6 nitrogen and oxygen atoms in total. The van der Waals surface area contributed by atoms with Crippen LogP contribution in [0.15, 0.2) is 48.4 Å². The molecule has 0 fully saturated rings. The third kappa shape index (κ3) is 4.60. The quantitative estimate of drug-likeness (QED) is 0.700.